The summed E-state index contributed by atoms with van der Waals surface area (Å²) in [4.78, 5) is 14.4. The average Bonchev–Trinajstić information content (AvgIpc) is 3.08. The summed E-state index contributed by atoms with van der Waals surface area (Å²) in [6.45, 7) is 2.38. The van der Waals surface area contributed by atoms with Crippen molar-refractivity contribution in [1.82, 2.24) is 5.32 Å². The molecule has 0 aromatic heterocycles. The van der Waals surface area contributed by atoms with E-state index in [2.05, 4.69) is 10.2 Å². The summed E-state index contributed by atoms with van der Waals surface area (Å²) < 4.78 is 18.6. The van der Waals surface area contributed by atoms with E-state index < -0.39 is 5.82 Å². The summed E-state index contributed by atoms with van der Waals surface area (Å²) in [6.07, 6.45) is 1.00. The number of carbonyl (C=O) groups is 1. The fraction of sp³-hybridized carbons (Fsp3) is 0.316. The number of hydrogen-bond acceptors (Lipinski definition) is 3. The van der Waals surface area contributed by atoms with Gasteiger partial charge >= 0.3 is 0 Å². The summed E-state index contributed by atoms with van der Waals surface area (Å²) in [5, 5.41) is 2.91. The number of methoxy groups -OCH3 is 1. The van der Waals surface area contributed by atoms with Crippen LogP contribution in [0.3, 0.4) is 0 Å². The fourth-order valence-electron chi connectivity index (χ4n) is 3.08. The molecule has 126 valence electrons. The van der Waals surface area contributed by atoms with Crippen molar-refractivity contribution in [3.63, 3.8) is 0 Å². The summed E-state index contributed by atoms with van der Waals surface area (Å²) in [6, 6.07) is 13.7. The van der Waals surface area contributed by atoms with Crippen LogP contribution in [-0.2, 0) is 0 Å². The minimum absolute atomic E-state index is 0.231. The summed E-state index contributed by atoms with van der Waals surface area (Å²) in [5.41, 5.74) is 1.44. The van der Waals surface area contributed by atoms with Crippen molar-refractivity contribution < 1.29 is 13.9 Å². The number of benzene rings is 2. The molecule has 1 saturated heterocycles. The third-order valence-electron chi connectivity index (χ3n) is 4.35. The van der Waals surface area contributed by atoms with Crippen molar-refractivity contribution in [2.75, 3.05) is 31.6 Å². The number of carbonyl (C=O) groups excluding carboxylic acids is 1. The van der Waals surface area contributed by atoms with Gasteiger partial charge in [0.1, 0.15) is 11.6 Å². The number of nitrogens with one attached hydrogen (secondary N) is 1. The largest absolute Gasteiger partial charge is 0.495 e. The van der Waals surface area contributed by atoms with Crippen molar-refractivity contribution in [3.05, 3.63) is 59.9 Å². The van der Waals surface area contributed by atoms with E-state index in [0.29, 0.717) is 18.0 Å². The molecule has 5 heteroatoms. The molecule has 0 aliphatic carbocycles. The predicted octanol–water partition coefficient (Wildman–Crippen LogP) is 3.09. The van der Waals surface area contributed by atoms with Crippen LogP contribution in [-0.4, -0.2) is 32.7 Å². The molecule has 1 N–H and O–H groups in total. The zero-order chi connectivity index (χ0) is 16.9. The van der Waals surface area contributed by atoms with E-state index in [4.69, 9.17) is 4.74 Å². The highest BCUT2D eigenvalue weighted by Crippen LogP contribution is 2.31. The fourth-order valence-corrected chi connectivity index (χ4v) is 3.08. The first kappa shape index (κ1) is 16.3. The molecule has 1 amide bonds. The quantitative estimate of drug-likeness (QED) is 0.917. The predicted molar refractivity (Wildman–Crippen MR) is 92.0 cm³/mol. The molecule has 1 heterocycles. The molecule has 2 aromatic carbocycles. The summed E-state index contributed by atoms with van der Waals surface area (Å²) in [7, 11) is 1.67. The highest BCUT2D eigenvalue weighted by atomic mass is 19.1. The van der Waals surface area contributed by atoms with Gasteiger partial charge in [-0.25, -0.2) is 4.39 Å². The van der Waals surface area contributed by atoms with Crippen LogP contribution in [0.1, 0.15) is 16.8 Å². The Morgan fingerprint density at radius 2 is 2.12 bits per heavy atom. The molecule has 2 aromatic rings. The van der Waals surface area contributed by atoms with E-state index in [1.165, 1.54) is 12.1 Å². The molecule has 24 heavy (non-hydrogen) atoms. The van der Waals surface area contributed by atoms with Gasteiger partial charge in [0.25, 0.3) is 5.91 Å². The molecule has 0 bridgehead atoms. The van der Waals surface area contributed by atoms with Gasteiger partial charge in [0.2, 0.25) is 0 Å². The number of para-hydroxylation sites is 2. The lowest BCUT2D eigenvalue weighted by Gasteiger charge is -2.21. The number of rotatable bonds is 5. The lowest BCUT2D eigenvalue weighted by atomic mass is 10.1. The maximum atomic E-state index is 13.2. The molecule has 0 unspecified atom stereocenters. The van der Waals surface area contributed by atoms with Crippen LogP contribution in [0.2, 0.25) is 0 Å². The first-order valence-electron chi connectivity index (χ1n) is 8.09. The van der Waals surface area contributed by atoms with Crippen molar-refractivity contribution in [2.24, 2.45) is 5.92 Å². The van der Waals surface area contributed by atoms with Gasteiger partial charge in [-0.1, -0.05) is 18.2 Å². The standard InChI is InChI=1S/C19H21FN2O2/c1-24-18-8-3-2-7-17(18)22-10-9-14(13-22)12-21-19(23)15-5-4-6-16(20)11-15/h2-8,11,14H,9-10,12-13H2,1H3,(H,21,23)/t14-/m0/s1. The van der Waals surface area contributed by atoms with Crippen LogP contribution in [0.5, 0.6) is 5.75 Å². The van der Waals surface area contributed by atoms with Crippen LogP contribution in [0.15, 0.2) is 48.5 Å². The minimum atomic E-state index is -0.397. The van der Waals surface area contributed by atoms with Crippen molar-refractivity contribution in [1.29, 1.82) is 0 Å². The molecular formula is C19H21FN2O2. The van der Waals surface area contributed by atoms with Crippen LogP contribution in [0.25, 0.3) is 0 Å². The number of anilines is 1. The van der Waals surface area contributed by atoms with E-state index in [1.807, 2.05) is 24.3 Å². The lowest BCUT2D eigenvalue weighted by Crippen LogP contribution is -2.31. The maximum Gasteiger partial charge on any atom is 0.251 e. The van der Waals surface area contributed by atoms with E-state index in [9.17, 15) is 9.18 Å². The van der Waals surface area contributed by atoms with E-state index in [1.54, 1.807) is 19.2 Å². The third-order valence-corrected chi connectivity index (χ3v) is 4.35. The average molecular weight is 328 g/mol. The van der Waals surface area contributed by atoms with Gasteiger partial charge in [-0.15, -0.1) is 0 Å². The minimum Gasteiger partial charge on any atom is -0.495 e. The number of halogens is 1. The molecule has 1 fully saturated rings. The zero-order valence-electron chi connectivity index (χ0n) is 13.7. The Hall–Kier alpha value is -2.56. The normalized spacial score (nSPS) is 16.9. The second kappa shape index (κ2) is 7.34. The second-order valence-corrected chi connectivity index (χ2v) is 5.99. The number of hydrogen-bond donors (Lipinski definition) is 1. The van der Waals surface area contributed by atoms with Crippen molar-refractivity contribution in [2.45, 2.75) is 6.42 Å². The Labute approximate surface area is 141 Å². The van der Waals surface area contributed by atoms with Gasteiger partial charge in [-0.2, -0.15) is 0 Å². The molecule has 0 saturated carbocycles. The van der Waals surface area contributed by atoms with E-state index >= 15 is 0 Å². The Morgan fingerprint density at radius 3 is 2.92 bits per heavy atom. The van der Waals surface area contributed by atoms with Gasteiger partial charge in [0.15, 0.2) is 0 Å². The highest BCUT2D eigenvalue weighted by molar-refractivity contribution is 5.94. The Kier molecular flexibility index (Phi) is 4.99. The second-order valence-electron chi connectivity index (χ2n) is 5.99. The zero-order valence-corrected chi connectivity index (χ0v) is 13.7. The highest BCUT2D eigenvalue weighted by Gasteiger charge is 2.25. The first-order chi connectivity index (χ1) is 11.7. The van der Waals surface area contributed by atoms with Gasteiger partial charge in [0.05, 0.1) is 12.8 Å². The summed E-state index contributed by atoms with van der Waals surface area (Å²) >= 11 is 0. The van der Waals surface area contributed by atoms with Gasteiger partial charge in [-0.05, 0) is 42.7 Å². The third kappa shape index (κ3) is 3.67. The Bertz CT molecular complexity index is 720. The van der Waals surface area contributed by atoms with E-state index in [0.717, 1.165) is 30.9 Å². The van der Waals surface area contributed by atoms with Crippen LogP contribution in [0.4, 0.5) is 10.1 Å². The van der Waals surface area contributed by atoms with Gasteiger partial charge < -0.3 is 15.0 Å². The SMILES string of the molecule is COc1ccccc1N1CC[C@@H](CNC(=O)c2cccc(F)c2)C1. The van der Waals surface area contributed by atoms with Crippen molar-refractivity contribution in [3.8, 4) is 5.75 Å². The topological polar surface area (TPSA) is 41.6 Å². The molecule has 1 aliphatic rings. The lowest BCUT2D eigenvalue weighted by molar-refractivity contribution is 0.0948. The van der Waals surface area contributed by atoms with Crippen LogP contribution >= 0.6 is 0 Å². The van der Waals surface area contributed by atoms with E-state index in [-0.39, 0.29) is 5.91 Å². The van der Waals surface area contributed by atoms with Crippen LogP contribution < -0.4 is 15.0 Å². The Morgan fingerprint density at radius 1 is 1.29 bits per heavy atom. The molecule has 0 spiro atoms. The maximum absolute atomic E-state index is 13.2. The van der Waals surface area contributed by atoms with Gasteiger partial charge in [-0.3, -0.25) is 4.79 Å². The monoisotopic (exact) mass is 328 g/mol. The van der Waals surface area contributed by atoms with Crippen LogP contribution in [0, 0.1) is 11.7 Å². The smallest absolute Gasteiger partial charge is 0.251 e. The number of nitrogens with zero attached hydrogens (tertiary/aromatic N) is 1. The number of amides is 1. The van der Waals surface area contributed by atoms with Gasteiger partial charge in [0, 0.05) is 25.2 Å². The molecule has 3 rings (SSSR count). The number of ether oxygens (including phenoxy) is 1. The molecule has 1 aliphatic heterocycles. The first-order valence-corrected chi connectivity index (χ1v) is 8.09. The van der Waals surface area contributed by atoms with Crippen molar-refractivity contribution >= 4 is 11.6 Å². The molecule has 1 atom stereocenters. The summed E-state index contributed by atoms with van der Waals surface area (Å²) in [5.74, 6) is 0.602. The molecule has 0 radical (unpaired) electrons. The molecule has 4 nitrogen and oxygen atoms in total. The molecular weight excluding hydrogens is 307 g/mol. The Balaban J connectivity index is 1.56.